The van der Waals surface area contributed by atoms with E-state index in [2.05, 4.69) is 20.6 Å². The molecule has 1 atom stereocenters. The molecule has 0 aliphatic heterocycles. The molecule has 2 rings (SSSR count). The van der Waals surface area contributed by atoms with Crippen molar-refractivity contribution in [1.82, 2.24) is 9.97 Å². The van der Waals surface area contributed by atoms with Gasteiger partial charge in [-0.3, -0.25) is 4.79 Å². The molecular formula is C15H16ClFN4O. The van der Waals surface area contributed by atoms with Gasteiger partial charge in [0, 0.05) is 17.8 Å². The van der Waals surface area contributed by atoms with Gasteiger partial charge in [0.05, 0.1) is 5.02 Å². The van der Waals surface area contributed by atoms with Crippen LogP contribution >= 0.6 is 11.6 Å². The molecular weight excluding hydrogens is 307 g/mol. The molecule has 22 heavy (non-hydrogen) atoms. The van der Waals surface area contributed by atoms with Crippen molar-refractivity contribution in [1.29, 1.82) is 0 Å². The molecule has 2 N–H and O–H groups in total. The van der Waals surface area contributed by atoms with Crippen LogP contribution in [0.25, 0.3) is 0 Å². The molecule has 2 aromatic rings. The lowest BCUT2D eigenvalue weighted by molar-refractivity contribution is 0.102. The zero-order valence-corrected chi connectivity index (χ0v) is 13.0. The number of hydrogen-bond donors (Lipinski definition) is 2. The first-order valence-electron chi connectivity index (χ1n) is 6.84. The van der Waals surface area contributed by atoms with Crippen molar-refractivity contribution in [2.75, 3.05) is 10.6 Å². The van der Waals surface area contributed by atoms with Crippen LogP contribution in [0.5, 0.6) is 0 Å². The summed E-state index contributed by atoms with van der Waals surface area (Å²) >= 11 is 5.68. The number of nitrogens with one attached hydrogen (secondary N) is 2. The molecule has 1 aromatic carbocycles. The van der Waals surface area contributed by atoms with Crippen molar-refractivity contribution in [2.45, 2.75) is 26.3 Å². The summed E-state index contributed by atoms with van der Waals surface area (Å²) in [4.78, 5) is 20.2. The van der Waals surface area contributed by atoms with Crippen molar-refractivity contribution in [3.05, 3.63) is 47.1 Å². The summed E-state index contributed by atoms with van der Waals surface area (Å²) in [5, 5.41) is 5.72. The topological polar surface area (TPSA) is 66.9 Å². The van der Waals surface area contributed by atoms with Gasteiger partial charge in [0.1, 0.15) is 23.7 Å². The van der Waals surface area contributed by atoms with Crippen LogP contribution in [-0.4, -0.2) is 21.9 Å². The van der Waals surface area contributed by atoms with Gasteiger partial charge in [-0.25, -0.2) is 14.4 Å². The minimum absolute atomic E-state index is 0.0559. The minimum atomic E-state index is -0.540. The van der Waals surface area contributed by atoms with Crippen molar-refractivity contribution < 1.29 is 9.18 Å². The average molecular weight is 323 g/mol. The number of rotatable bonds is 5. The molecule has 0 bridgehead atoms. The Morgan fingerprint density at radius 1 is 1.36 bits per heavy atom. The van der Waals surface area contributed by atoms with Crippen molar-refractivity contribution in [2.24, 2.45) is 0 Å². The fourth-order valence-electron chi connectivity index (χ4n) is 1.68. The maximum Gasteiger partial charge on any atom is 0.274 e. The Balaban J connectivity index is 2.12. The summed E-state index contributed by atoms with van der Waals surface area (Å²) in [7, 11) is 0. The quantitative estimate of drug-likeness (QED) is 0.880. The lowest BCUT2D eigenvalue weighted by Gasteiger charge is -2.12. The number of aromatic nitrogens is 2. The van der Waals surface area contributed by atoms with Crippen molar-refractivity contribution in [3.8, 4) is 0 Å². The first-order valence-corrected chi connectivity index (χ1v) is 7.22. The number of carbonyl (C=O) groups is 1. The van der Waals surface area contributed by atoms with Crippen LogP contribution in [0.1, 0.15) is 30.8 Å². The predicted octanol–water partition coefficient (Wildman–Crippen LogP) is 3.73. The van der Waals surface area contributed by atoms with Crippen LogP contribution in [0, 0.1) is 5.82 Å². The second-order valence-corrected chi connectivity index (χ2v) is 5.23. The molecule has 0 radical (unpaired) electrons. The van der Waals surface area contributed by atoms with E-state index < -0.39 is 11.7 Å². The van der Waals surface area contributed by atoms with Gasteiger partial charge in [-0.05, 0) is 31.5 Å². The smallest absolute Gasteiger partial charge is 0.274 e. The van der Waals surface area contributed by atoms with E-state index in [4.69, 9.17) is 11.6 Å². The third-order valence-electron chi connectivity index (χ3n) is 3.08. The number of anilines is 2. The molecule has 5 nitrogen and oxygen atoms in total. The third-order valence-corrected chi connectivity index (χ3v) is 3.37. The van der Waals surface area contributed by atoms with Crippen LogP contribution in [0.15, 0.2) is 30.6 Å². The number of benzene rings is 1. The van der Waals surface area contributed by atoms with E-state index >= 15 is 0 Å². The van der Waals surface area contributed by atoms with E-state index in [0.29, 0.717) is 11.5 Å². The highest BCUT2D eigenvalue weighted by Crippen LogP contribution is 2.20. The fourth-order valence-corrected chi connectivity index (χ4v) is 1.86. The molecule has 0 saturated heterocycles. The van der Waals surface area contributed by atoms with E-state index in [1.165, 1.54) is 24.5 Å². The van der Waals surface area contributed by atoms with E-state index in [9.17, 15) is 9.18 Å². The number of amides is 1. The minimum Gasteiger partial charge on any atom is -0.368 e. The lowest BCUT2D eigenvalue weighted by Crippen LogP contribution is -2.17. The highest BCUT2D eigenvalue weighted by atomic mass is 35.5. The SMILES string of the molecule is CCC(C)Nc1cc(C(=O)Nc2ccc(F)c(Cl)c2)ncn1. The summed E-state index contributed by atoms with van der Waals surface area (Å²) in [6.45, 7) is 4.06. The standard InChI is InChI=1S/C15H16ClFN4O/c1-3-9(2)20-14-7-13(18-8-19-14)15(22)21-10-4-5-12(17)11(16)6-10/h4-9H,3H2,1-2H3,(H,21,22)(H,18,19,20). The molecule has 1 unspecified atom stereocenters. The number of halogens is 2. The Labute approximate surface area is 132 Å². The van der Waals surface area contributed by atoms with Crippen LogP contribution in [-0.2, 0) is 0 Å². The van der Waals surface area contributed by atoms with Gasteiger partial charge in [-0.2, -0.15) is 0 Å². The van der Waals surface area contributed by atoms with Gasteiger partial charge < -0.3 is 10.6 Å². The van der Waals surface area contributed by atoms with E-state index in [1.54, 1.807) is 6.07 Å². The summed E-state index contributed by atoms with van der Waals surface area (Å²) in [6.07, 6.45) is 2.25. The summed E-state index contributed by atoms with van der Waals surface area (Å²) in [5.41, 5.74) is 0.604. The van der Waals surface area contributed by atoms with E-state index in [0.717, 1.165) is 6.42 Å². The van der Waals surface area contributed by atoms with Crippen molar-refractivity contribution >= 4 is 29.0 Å². The highest BCUT2D eigenvalue weighted by Gasteiger charge is 2.11. The molecule has 0 spiro atoms. The van der Waals surface area contributed by atoms with Gasteiger partial charge in [-0.15, -0.1) is 0 Å². The normalized spacial score (nSPS) is 11.8. The Hall–Kier alpha value is -2.21. The van der Waals surface area contributed by atoms with Crippen molar-refractivity contribution in [3.63, 3.8) is 0 Å². The largest absolute Gasteiger partial charge is 0.368 e. The fraction of sp³-hybridized carbons (Fsp3) is 0.267. The van der Waals surface area contributed by atoms with Crippen LogP contribution < -0.4 is 10.6 Å². The summed E-state index contributed by atoms with van der Waals surface area (Å²) in [5.74, 6) is -0.384. The summed E-state index contributed by atoms with van der Waals surface area (Å²) in [6, 6.07) is 5.76. The van der Waals surface area contributed by atoms with Crippen LogP contribution in [0.2, 0.25) is 5.02 Å². The average Bonchev–Trinajstić information content (AvgIpc) is 2.51. The first-order chi connectivity index (χ1) is 10.5. The maximum absolute atomic E-state index is 13.1. The van der Waals surface area contributed by atoms with E-state index in [1.807, 2.05) is 13.8 Å². The maximum atomic E-state index is 13.1. The second-order valence-electron chi connectivity index (χ2n) is 4.83. The van der Waals surface area contributed by atoms with Gasteiger partial charge in [-0.1, -0.05) is 18.5 Å². The highest BCUT2D eigenvalue weighted by molar-refractivity contribution is 6.31. The first kappa shape index (κ1) is 16.2. The molecule has 0 aliphatic rings. The Morgan fingerprint density at radius 2 is 2.14 bits per heavy atom. The van der Waals surface area contributed by atoms with E-state index in [-0.39, 0.29) is 16.8 Å². The van der Waals surface area contributed by atoms with Crippen LogP contribution in [0.4, 0.5) is 15.9 Å². The molecule has 1 aromatic heterocycles. The van der Waals surface area contributed by atoms with Crippen LogP contribution in [0.3, 0.4) is 0 Å². The number of nitrogens with zero attached hydrogens (tertiary/aromatic N) is 2. The zero-order chi connectivity index (χ0) is 16.1. The lowest BCUT2D eigenvalue weighted by atomic mass is 10.2. The Bertz CT molecular complexity index is 680. The molecule has 0 fully saturated rings. The number of hydrogen-bond acceptors (Lipinski definition) is 4. The van der Waals surface area contributed by atoms with Gasteiger partial charge in [0.2, 0.25) is 0 Å². The monoisotopic (exact) mass is 322 g/mol. The Kier molecular flexibility index (Phi) is 5.27. The third kappa shape index (κ3) is 4.14. The van der Waals surface area contributed by atoms with Gasteiger partial charge in [0.15, 0.2) is 0 Å². The molecule has 1 heterocycles. The molecule has 7 heteroatoms. The molecule has 0 saturated carbocycles. The number of carbonyl (C=O) groups excluding carboxylic acids is 1. The second kappa shape index (κ2) is 7.17. The van der Waals surface area contributed by atoms with Gasteiger partial charge >= 0.3 is 0 Å². The summed E-state index contributed by atoms with van der Waals surface area (Å²) < 4.78 is 13.1. The molecule has 1 amide bonds. The predicted molar refractivity (Wildman–Crippen MR) is 84.8 cm³/mol. The molecule has 0 aliphatic carbocycles. The zero-order valence-electron chi connectivity index (χ0n) is 12.2. The molecule has 116 valence electrons. The Morgan fingerprint density at radius 3 is 2.82 bits per heavy atom. The van der Waals surface area contributed by atoms with Gasteiger partial charge in [0.25, 0.3) is 5.91 Å².